The van der Waals surface area contributed by atoms with E-state index in [0.29, 0.717) is 13.0 Å². The van der Waals surface area contributed by atoms with Gasteiger partial charge < -0.3 is 14.6 Å². The van der Waals surface area contributed by atoms with Crippen molar-refractivity contribution in [3.63, 3.8) is 0 Å². The third-order valence-corrected chi connectivity index (χ3v) is 1.75. The van der Waals surface area contributed by atoms with Crippen molar-refractivity contribution in [2.24, 2.45) is 0 Å². The molecule has 0 radical (unpaired) electrons. The summed E-state index contributed by atoms with van der Waals surface area (Å²) < 4.78 is 6.39. The van der Waals surface area contributed by atoms with Crippen LogP contribution in [0.2, 0.25) is 0 Å². The number of aromatic nitrogens is 2. The van der Waals surface area contributed by atoms with Crippen LogP contribution in [0.3, 0.4) is 0 Å². The summed E-state index contributed by atoms with van der Waals surface area (Å²) in [7, 11) is 3.20. The summed E-state index contributed by atoms with van der Waals surface area (Å²) in [6, 6.07) is 0. The molecular formula is C8H13N3O2. The van der Waals surface area contributed by atoms with Gasteiger partial charge in [-0.3, -0.25) is 4.79 Å². The predicted molar refractivity (Wildman–Crippen MR) is 48.4 cm³/mol. The van der Waals surface area contributed by atoms with E-state index in [4.69, 9.17) is 0 Å². The van der Waals surface area contributed by atoms with Gasteiger partial charge in [0.25, 0.3) is 0 Å². The van der Waals surface area contributed by atoms with E-state index in [-0.39, 0.29) is 5.97 Å². The highest BCUT2D eigenvalue weighted by Gasteiger charge is 2.03. The van der Waals surface area contributed by atoms with Gasteiger partial charge in [-0.1, -0.05) is 0 Å². The number of esters is 1. The van der Waals surface area contributed by atoms with Gasteiger partial charge in [0.1, 0.15) is 5.82 Å². The average Bonchev–Trinajstić information content (AvgIpc) is 2.61. The monoisotopic (exact) mass is 183 g/mol. The van der Waals surface area contributed by atoms with Crippen molar-refractivity contribution in [2.75, 3.05) is 19.5 Å². The van der Waals surface area contributed by atoms with Gasteiger partial charge in [-0.2, -0.15) is 0 Å². The maximum Gasteiger partial charge on any atom is 0.307 e. The number of hydrogen-bond donors (Lipinski definition) is 1. The first kappa shape index (κ1) is 9.57. The summed E-state index contributed by atoms with van der Waals surface area (Å²) in [6.45, 7) is 0.586. The molecule has 0 saturated heterocycles. The summed E-state index contributed by atoms with van der Waals surface area (Å²) in [5.41, 5.74) is 0. The first-order valence-corrected chi connectivity index (χ1v) is 4.02. The van der Waals surface area contributed by atoms with Crippen LogP contribution in [-0.4, -0.2) is 29.7 Å². The summed E-state index contributed by atoms with van der Waals surface area (Å²) >= 11 is 0. The molecule has 1 aromatic heterocycles. The summed E-state index contributed by atoms with van der Waals surface area (Å²) in [6.07, 6.45) is 3.74. The third kappa shape index (κ3) is 2.47. The lowest BCUT2D eigenvalue weighted by molar-refractivity contribution is -0.140. The molecule has 0 spiro atoms. The van der Waals surface area contributed by atoms with Gasteiger partial charge in [-0.25, -0.2) is 4.98 Å². The third-order valence-electron chi connectivity index (χ3n) is 1.75. The van der Waals surface area contributed by atoms with Gasteiger partial charge >= 0.3 is 5.97 Å². The molecule has 0 unspecified atom stereocenters. The number of nitrogens with zero attached hydrogens (tertiary/aromatic N) is 2. The lowest BCUT2D eigenvalue weighted by Gasteiger charge is -2.05. The van der Waals surface area contributed by atoms with Crippen LogP contribution >= 0.6 is 0 Å². The van der Waals surface area contributed by atoms with Crippen molar-refractivity contribution in [3.8, 4) is 0 Å². The first-order valence-electron chi connectivity index (χ1n) is 4.02. The highest BCUT2D eigenvalue weighted by molar-refractivity contribution is 5.69. The maximum atomic E-state index is 10.8. The maximum absolute atomic E-state index is 10.8. The van der Waals surface area contributed by atoms with Crippen LogP contribution in [0.1, 0.15) is 6.42 Å². The average molecular weight is 183 g/mol. The van der Waals surface area contributed by atoms with Gasteiger partial charge in [0, 0.05) is 13.6 Å². The fraction of sp³-hybridized carbons (Fsp3) is 0.500. The Bertz CT molecular complexity index is 283. The molecule has 1 aromatic rings. The Morgan fingerprint density at radius 3 is 3.15 bits per heavy atom. The Morgan fingerprint density at radius 2 is 2.54 bits per heavy atom. The fourth-order valence-corrected chi connectivity index (χ4v) is 1.02. The Balaban J connectivity index is 2.49. The van der Waals surface area contributed by atoms with E-state index in [0.717, 1.165) is 5.82 Å². The zero-order valence-corrected chi connectivity index (χ0v) is 7.78. The topological polar surface area (TPSA) is 56.2 Å². The molecule has 1 rings (SSSR count). The number of methoxy groups -OCH3 is 1. The van der Waals surface area contributed by atoms with Crippen LogP contribution in [-0.2, 0) is 16.1 Å². The SMILES string of the molecule is CNc1cncn1CCC(=O)OC. The molecule has 0 saturated carbocycles. The van der Waals surface area contributed by atoms with Crippen LogP contribution in [0.25, 0.3) is 0 Å². The van der Waals surface area contributed by atoms with E-state index in [2.05, 4.69) is 15.0 Å². The van der Waals surface area contributed by atoms with Crippen LogP contribution in [0, 0.1) is 0 Å². The van der Waals surface area contributed by atoms with Crippen molar-refractivity contribution in [2.45, 2.75) is 13.0 Å². The Morgan fingerprint density at radius 1 is 1.77 bits per heavy atom. The Hall–Kier alpha value is -1.52. The molecule has 5 heteroatoms. The lowest BCUT2D eigenvalue weighted by Crippen LogP contribution is -2.08. The van der Waals surface area contributed by atoms with Crippen molar-refractivity contribution in [1.82, 2.24) is 9.55 Å². The number of carbonyl (C=O) groups is 1. The minimum Gasteiger partial charge on any atom is -0.469 e. The van der Waals surface area contributed by atoms with E-state index >= 15 is 0 Å². The largest absolute Gasteiger partial charge is 0.469 e. The van der Waals surface area contributed by atoms with E-state index in [1.807, 2.05) is 11.6 Å². The highest BCUT2D eigenvalue weighted by Crippen LogP contribution is 2.05. The summed E-state index contributed by atoms with van der Waals surface area (Å²) in [5.74, 6) is 0.680. The molecule has 0 atom stereocenters. The standard InChI is InChI=1S/C8H13N3O2/c1-9-7-5-10-6-11(7)4-3-8(12)13-2/h5-6,9H,3-4H2,1-2H3. The second-order valence-electron chi connectivity index (χ2n) is 2.55. The Kier molecular flexibility index (Phi) is 3.31. The van der Waals surface area contributed by atoms with Gasteiger partial charge in [-0.05, 0) is 0 Å². The number of ether oxygens (including phenoxy) is 1. The van der Waals surface area contributed by atoms with E-state index in [9.17, 15) is 4.79 Å². The highest BCUT2D eigenvalue weighted by atomic mass is 16.5. The summed E-state index contributed by atoms with van der Waals surface area (Å²) in [4.78, 5) is 14.8. The smallest absolute Gasteiger partial charge is 0.307 e. The predicted octanol–water partition coefficient (Wildman–Crippen LogP) is 0.488. The number of nitrogens with one attached hydrogen (secondary N) is 1. The number of imidazole rings is 1. The van der Waals surface area contributed by atoms with Gasteiger partial charge in [0.05, 0.1) is 26.1 Å². The molecule has 0 aromatic carbocycles. The lowest BCUT2D eigenvalue weighted by atomic mass is 10.4. The number of rotatable bonds is 4. The Labute approximate surface area is 76.7 Å². The van der Waals surface area contributed by atoms with E-state index in [1.165, 1.54) is 7.11 Å². The van der Waals surface area contributed by atoms with Crippen LogP contribution in [0.5, 0.6) is 0 Å². The van der Waals surface area contributed by atoms with Crippen molar-refractivity contribution >= 4 is 11.8 Å². The zero-order valence-electron chi connectivity index (χ0n) is 7.78. The minimum atomic E-state index is -0.212. The molecular weight excluding hydrogens is 170 g/mol. The molecule has 1 N–H and O–H groups in total. The van der Waals surface area contributed by atoms with Crippen molar-refractivity contribution in [1.29, 1.82) is 0 Å². The molecule has 0 aliphatic heterocycles. The van der Waals surface area contributed by atoms with Crippen molar-refractivity contribution in [3.05, 3.63) is 12.5 Å². The normalized spacial score (nSPS) is 9.69. The molecule has 1 heterocycles. The number of anilines is 1. The minimum absolute atomic E-state index is 0.212. The molecule has 72 valence electrons. The number of carbonyl (C=O) groups excluding carboxylic acids is 1. The summed E-state index contributed by atoms with van der Waals surface area (Å²) in [5, 5.41) is 2.97. The van der Waals surface area contributed by atoms with Gasteiger partial charge in [0.2, 0.25) is 0 Å². The van der Waals surface area contributed by atoms with Gasteiger partial charge in [-0.15, -0.1) is 0 Å². The molecule has 0 bridgehead atoms. The molecule has 13 heavy (non-hydrogen) atoms. The number of aryl methyl sites for hydroxylation is 1. The number of hydrogen-bond acceptors (Lipinski definition) is 4. The van der Waals surface area contributed by atoms with E-state index in [1.54, 1.807) is 12.5 Å². The zero-order chi connectivity index (χ0) is 9.68. The quantitative estimate of drug-likeness (QED) is 0.690. The van der Waals surface area contributed by atoms with E-state index < -0.39 is 0 Å². The molecule has 0 fully saturated rings. The second kappa shape index (κ2) is 4.49. The second-order valence-corrected chi connectivity index (χ2v) is 2.55. The first-order chi connectivity index (χ1) is 6.27. The molecule has 0 amide bonds. The van der Waals surface area contributed by atoms with Crippen LogP contribution < -0.4 is 5.32 Å². The van der Waals surface area contributed by atoms with Gasteiger partial charge in [0.15, 0.2) is 0 Å². The fourth-order valence-electron chi connectivity index (χ4n) is 1.02. The molecule has 0 aliphatic rings. The van der Waals surface area contributed by atoms with Crippen molar-refractivity contribution < 1.29 is 9.53 Å². The van der Waals surface area contributed by atoms with Crippen LogP contribution in [0.4, 0.5) is 5.82 Å². The van der Waals surface area contributed by atoms with Crippen LogP contribution in [0.15, 0.2) is 12.5 Å². The molecule has 5 nitrogen and oxygen atoms in total. The molecule has 0 aliphatic carbocycles.